The summed E-state index contributed by atoms with van der Waals surface area (Å²) < 4.78 is 26.3. The maximum absolute atomic E-state index is 12.2. The third-order valence-corrected chi connectivity index (χ3v) is 5.69. The molecule has 2 rings (SSSR count). The molecule has 0 bridgehead atoms. The molecule has 0 saturated carbocycles. The van der Waals surface area contributed by atoms with E-state index in [1.807, 2.05) is 0 Å². The van der Waals surface area contributed by atoms with Crippen molar-refractivity contribution in [3.05, 3.63) is 23.8 Å². The van der Waals surface area contributed by atoms with Gasteiger partial charge >= 0.3 is 0 Å². The number of hydrogen-bond donors (Lipinski definition) is 2. The lowest BCUT2D eigenvalue weighted by atomic mass is 10.0. The van der Waals surface area contributed by atoms with Crippen LogP contribution in [0.1, 0.15) is 25.3 Å². The molecule has 6 nitrogen and oxygen atoms in total. The van der Waals surface area contributed by atoms with E-state index in [0.29, 0.717) is 23.7 Å². The van der Waals surface area contributed by atoms with Crippen molar-refractivity contribution in [1.82, 2.24) is 9.62 Å². The molecule has 1 fully saturated rings. The first-order chi connectivity index (χ1) is 10.8. The topological polar surface area (TPSA) is 78.5 Å². The SMILES string of the molecule is CNS(=O)(=O)c1cc(NC(=O)CN2CCC[C@H](C)C2)ccc1C. The highest BCUT2D eigenvalue weighted by Gasteiger charge is 2.19. The van der Waals surface area contributed by atoms with Crippen LogP contribution < -0.4 is 10.0 Å². The molecule has 2 N–H and O–H groups in total. The first-order valence-corrected chi connectivity index (χ1v) is 9.36. The highest BCUT2D eigenvalue weighted by molar-refractivity contribution is 7.89. The van der Waals surface area contributed by atoms with Crippen molar-refractivity contribution in [1.29, 1.82) is 0 Å². The lowest BCUT2D eigenvalue weighted by Gasteiger charge is -2.30. The summed E-state index contributed by atoms with van der Waals surface area (Å²) >= 11 is 0. The average molecular weight is 339 g/mol. The number of hydrogen-bond acceptors (Lipinski definition) is 4. The number of amides is 1. The van der Waals surface area contributed by atoms with E-state index in [-0.39, 0.29) is 10.8 Å². The minimum atomic E-state index is -3.53. The fourth-order valence-corrected chi connectivity index (χ4v) is 3.91. The summed E-state index contributed by atoms with van der Waals surface area (Å²) in [6.45, 7) is 6.13. The van der Waals surface area contributed by atoms with Crippen LogP contribution in [0.15, 0.2) is 23.1 Å². The van der Waals surface area contributed by atoms with Gasteiger partial charge in [-0.1, -0.05) is 13.0 Å². The highest BCUT2D eigenvalue weighted by Crippen LogP contribution is 2.20. The van der Waals surface area contributed by atoms with Crippen molar-refractivity contribution in [2.75, 3.05) is 32.0 Å². The molecule has 1 aromatic carbocycles. The number of anilines is 1. The monoisotopic (exact) mass is 339 g/mol. The van der Waals surface area contributed by atoms with Gasteiger partial charge in [0.25, 0.3) is 0 Å². The molecule has 1 aliphatic rings. The fourth-order valence-electron chi connectivity index (χ4n) is 2.91. The Morgan fingerprint density at radius 2 is 2.13 bits per heavy atom. The number of carbonyl (C=O) groups excluding carboxylic acids is 1. The lowest BCUT2D eigenvalue weighted by Crippen LogP contribution is -2.39. The van der Waals surface area contributed by atoms with Crippen LogP contribution in [-0.4, -0.2) is 45.9 Å². The zero-order valence-corrected chi connectivity index (χ0v) is 14.7. The number of nitrogens with one attached hydrogen (secondary N) is 2. The van der Waals surface area contributed by atoms with Crippen molar-refractivity contribution >= 4 is 21.6 Å². The molecule has 1 aromatic rings. The Hall–Kier alpha value is -1.44. The lowest BCUT2D eigenvalue weighted by molar-refractivity contribution is -0.117. The molecule has 0 aliphatic carbocycles. The molecule has 1 aliphatic heterocycles. The third-order valence-electron chi connectivity index (χ3n) is 4.14. The summed E-state index contributed by atoms with van der Waals surface area (Å²) in [6, 6.07) is 4.92. The van der Waals surface area contributed by atoms with E-state index in [2.05, 4.69) is 21.9 Å². The number of carbonyl (C=O) groups is 1. The third kappa shape index (κ3) is 4.76. The maximum atomic E-state index is 12.2. The zero-order chi connectivity index (χ0) is 17.0. The van der Waals surface area contributed by atoms with Crippen molar-refractivity contribution in [2.45, 2.75) is 31.6 Å². The smallest absolute Gasteiger partial charge is 0.240 e. The fraction of sp³-hybridized carbons (Fsp3) is 0.562. The molecular weight excluding hydrogens is 314 g/mol. The predicted octanol–water partition coefficient (Wildman–Crippen LogP) is 1.57. The van der Waals surface area contributed by atoms with E-state index in [4.69, 9.17) is 0 Å². The van der Waals surface area contributed by atoms with Gasteiger partial charge in [-0.15, -0.1) is 0 Å². The Labute approximate surface area is 138 Å². The van der Waals surface area contributed by atoms with Crippen LogP contribution in [0.25, 0.3) is 0 Å². The quantitative estimate of drug-likeness (QED) is 0.854. The number of rotatable bonds is 5. The molecule has 128 valence electrons. The normalized spacial score (nSPS) is 19.5. The first kappa shape index (κ1) is 17.9. The largest absolute Gasteiger partial charge is 0.325 e. The molecule has 1 heterocycles. The summed E-state index contributed by atoms with van der Waals surface area (Å²) in [7, 11) is -2.16. The van der Waals surface area contributed by atoms with E-state index in [1.165, 1.54) is 19.5 Å². The van der Waals surface area contributed by atoms with Crippen LogP contribution in [0.3, 0.4) is 0 Å². The highest BCUT2D eigenvalue weighted by atomic mass is 32.2. The van der Waals surface area contributed by atoms with Crippen LogP contribution in [0.5, 0.6) is 0 Å². The van der Waals surface area contributed by atoms with Gasteiger partial charge in [-0.25, -0.2) is 13.1 Å². The number of piperidine rings is 1. The van der Waals surface area contributed by atoms with E-state index in [1.54, 1.807) is 19.1 Å². The standard InChI is InChI=1S/C16H25N3O3S/c1-12-5-4-8-19(10-12)11-16(20)18-14-7-6-13(2)15(9-14)23(21,22)17-3/h6-7,9,12,17H,4-5,8,10-11H2,1-3H3,(H,18,20)/t12-/m0/s1. The second-order valence-corrected chi connectivity index (χ2v) is 8.07. The number of nitrogens with zero attached hydrogens (tertiary/aromatic N) is 1. The Kier molecular flexibility index (Phi) is 5.78. The molecule has 1 saturated heterocycles. The Balaban J connectivity index is 2.05. The van der Waals surface area contributed by atoms with Gasteiger partial charge in [0.2, 0.25) is 15.9 Å². The van der Waals surface area contributed by atoms with E-state index in [0.717, 1.165) is 19.5 Å². The Morgan fingerprint density at radius 1 is 1.39 bits per heavy atom. The van der Waals surface area contributed by atoms with Crippen LogP contribution in [-0.2, 0) is 14.8 Å². The summed E-state index contributed by atoms with van der Waals surface area (Å²) in [5, 5.41) is 2.80. The molecule has 1 amide bonds. The number of aryl methyl sites for hydroxylation is 1. The second-order valence-electron chi connectivity index (χ2n) is 6.22. The maximum Gasteiger partial charge on any atom is 0.240 e. The summed E-state index contributed by atoms with van der Waals surface area (Å²) in [5.74, 6) is 0.499. The van der Waals surface area contributed by atoms with Crippen LogP contribution in [0.2, 0.25) is 0 Å². The second kappa shape index (κ2) is 7.42. The van der Waals surface area contributed by atoms with E-state index in [9.17, 15) is 13.2 Å². The van der Waals surface area contributed by atoms with Gasteiger partial charge in [0, 0.05) is 12.2 Å². The van der Waals surface area contributed by atoms with Crippen molar-refractivity contribution in [3.8, 4) is 0 Å². The van der Waals surface area contributed by atoms with Gasteiger partial charge in [0.1, 0.15) is 0 Å². The minimum absolute atomic E-state index is 0.115. The summed E-state index contributed by atoms with van der Waals surface area (Å²) in [6.07, 6.45) is 2.32. The van der Waals surface area contributed by atoms with Crippen molar-refractivity contribution in [3.63, 3.8) is 0 Å². The molecule has 0 unspecified atom stereocenters. The van der Waals surface area contributed by atoms with Crippen molar-refractivity contribution < 1.29 is 13.2 Å². The molecule has 1 atom stereocenters. The molecule has 0 radical (unpaired) electrons. The van der Waals surface area contributed by atoms with E-state index >= 15 is 0 Å². The molecule has 7 heteroatoms. The Morgan fingerprint density at radius 3 is 2.78 bits per heavy atom. The van der Waals surface area contributed by atoms with E-state index < -0.39 is 10.0 Å². The average Bonchev–Trinajstić information content (AvgIpc) is 2.49. The Bertz CT molecular complexity index is 673. The van der Waals surface area contributed by atoms with Gasteiger partial charge in [0.05, 0.1) is 11.4 Å². The number of likely N-dealkylation sites (tertiary alicyclic amines) is 1. The zero-order valence-electron chi connectivity index (χ0n) is 13.9. The number of sulfonamides is 1. The van der Waals surface area contributed by atoms with Gasteiger partial charge in [-0.2, -0.15) is 0 Å². The number of benzene rings is 1. The summed E-state index contributed by atoms with van der Waals surface area (Å²) in [4.78, 5) is 14.5. The van der Waals surface area contributed by atoms with Crippen molar-refractivity contribution in [2.24, 2.45) is 5.92 Å². The van der Waals surface area contributed by atoms with Gasteiger partial charge in [0.15, 0.2) is 0 Å². The van der Waals surface area contributed by atoms with Crippen LogP contribution >= 0.6 is 0 Å². The molecule has 23 heavy (non-hydrogen) atoms. The molecule has 0 spiro atoms. The molecular formula is C16H25N3O3S. The summed E-state index contributed by atoms with van der Waals surface area (Å²) in [5.41, 5.74) is 1.14. The van der Waals surface area contributed by atoms with Gasteiger partial charge < -0.3 is 5.32 Å². The van der Waals surface area contributed by atoms with Crippen LogP contribution in [0, 0.1) is 12.8 Å². The first-order valence-electron chi connectivity index (χ1n) is 7.88. The van der Waals surface area contributed by atoms with Crippen LogP contribution in [0.4, 0.5) is 5.69 Å². The van der Waals surface area contributed by atoms with Gasteiger partial charge in [-0.05, 0) is 57.0 Å². The van der Waals surface area contributed by atoms with Gasteiger partial charge in [-0.3, -0.25) is 9.69 Å². The predicted molar refractivity (Wildman–Crippen MR) is 90.9 cm³/mol. The molecule has 0 aromatic heterocycles. The minimum Gasteiger partial charge on any atom is -0.325 e.